The summed E-state index contributed by atoms with van der Waals surface area (Å²) >= 11 is 0. The second kappa shape index (κ2) is 6.58. The number of halogens is 3. The molecule has 1 aliphatic carbocycles. The molecule has 2 N–H and O–H groups in total. The number of fused-ring (bicyclic) bond motifs is 1. The highest BCUT2D eigenvalue weighted by Gasteiger charge is 2.45. The molecule has 8 heteroatoms. The molecule has 1 aromatic carbocycles. The molecule has 2 heterocycles. The highest BCUT2D eigenvalue weighted by Crippen LogP contribution is 2.49. The van der Waals surface area contributed by atoms with Gasteiger partial charge in [-0.1, -0.05) is 11.8 Å². The summed E-state index contributed by atoms with van der Waals surface area (Å²) in [4.78, 5) is 3.94. The molecule has 0 saturated heterocycles. The minimum atomic E-state index is -4.63. The molecule has 0 aliphatic heterocycles. The normalized spacial score (nSPS) is 15.4. The van der Waals surface area contributed by atoms with Crippen LogP contribution in [0.25, 0.3) is 22.2 Å². The number of nitriles is 1. The number of nitrogens with zero attached hydrogens (tertiary/aromatic N) is 3. The van der Waals surface area contributed by atoms with Gasteiger partial charge in [0.05, 0.1) is 16.9 Å². The number of H-pyrrole nitrogens is 1. The van der Waals surface area contributed by atoms with Crippen molar-refractivity contribution in [2.24, 2.45) is 0 Å². The highest BCUT2D eigenvalue weighted by molar-refractivity contribution is 5.95. The Bertz CT molecular complexity index is 1250. The standard InChI is InChI=1S/C22H17F3N4O/c1-20(2,30)5-3-13-9-14(11-15(10-13)21(12-26)6-7-21)16-4-8-27-19-17(16)18(28-29-19)22(23,24)25/h4,8-11,30H,6-7H2,1-2H3,(H,27,28,29). The second-order valence-corrected chi connectivity index (χ2v) is 7.96. The third kappa shape index (κ3) is 3.62. The van der Waals surface area contributed by atoms with E-state index >= 15 is 0 Å². The maximum absolute atomic E-state index is 13.5. The van der Waals surface area contributed by atoms with E-state index in [1.807, 2.05) is 5.10 Å². The van der Waals surface area contributed by atoms with Crippen molar-refractivity contribution in [1.29, 1.82) is 5.26 Å². The Hall–Kier alpha value is -3.36. The van der Waals surface area contributed by atoms with Crippen LogP contribution in [0.4, 0.5) is 13.2 Å². The van der Waals surface area contributed by atoms with Gasteiger partial charge in [0, 0.05) is 11.8 Å². The molecule has 0 radical (unpaired) electrons. The monoisotopic (exact) mass is 410 g/mol. The van der Waals surface area contributed by atoms with Gasteiger partial charge in [-0.15, -0.1) is 0 Å². The second-order valence-electron chi connectivity index (χ2n) is 7.96. The van der Waals surface area contributed by atoms with E-state index in [2.05, 4.69) is 28.0 Å². The smallest absolute Gasteiger partial charge is 0.378 e. The van der Waals surface area contributed by atoms with Gasteiger partial charge in [-0.2, -0.15) is 23.5 Å². The van der Waals surface area contributed by atoms with Crippen LogP contribution < -0.4 is 0 Å². The van der Waals surface area contributed by atoms with E-state index < -0.39 is 22.9 Å². The zero-order valence-electron chi connectivity index (χ0n) is 16.2. The number of aliphatic hydroxyl groups is 1. The Balaban J connectivity index is 1.97. The fourth-order valence-corrected chi connectivity index (χ4v) is 3.34. The van der Waals surface area contributed by atoms with Crippen molar-refractivity contribution in [1.82, 2.24) is 15.2 Å². The van der Waals surface area contributed by atoms with Crippen molar-refractivity contribution in [3.8, 4) is 29.0 Å². The first-order chi connectivity index (χ1) is 14.0. The summed E-state index contributed by atoms with van der Waals surface area (Å²) in [5, 5.41) is 25.1. The van der Waals surface area contributed by atoms with E-state index in [4.69, 9.17) is 0 Å². The Morgan fingerprint density at radius 1 is 1.20 bits per heavy atom. The summed E-state index contributed by atoms with van der Waals surface area (Å²) < 4.78 is 40.6. The van der Waals surface area contributed by atoms with Gasteiger partial charge in [0.25, 0.3) is 0 Å². The summed E-state index contributed by atoms with van der Waals surface area (Å²) in [7, 11) is 0. The molecule has 3 aromatic rings. The number of alkyl halides is 3. The zero-order chi connectivity index (χ0) is 21.7. The number of hydrogen-bond donors (Lipinski definition) is 2. The van der Waals surface area contributed by atoms with E-state index in [1.165, 1.54) is 26.1 Å². The minimum absolute atomic E-state index is 0.0456. The Kier molecular flexibility index (Phi) is 4.37. The quantitative estimate of drug-likeness (QED) is 0.616. The van der Waals surface area contributed by atoms with Crippen LogP contribution in [0.1, 0.15) is 43.5 Å². The van der Waals surface area contributed by atoms with Crippen LogP contribution in [0.15, 0.2) is 30.5 Å². The summed E-state index contributed by atoms with van der Waals surface area (Å²) in [5.41, 5.74) is -0.932. The van der Waals surface area contributed by atoms with Gasteiger partial charge in [0.2, 0.25) is 0 Å². The number of nitrogens with one attached hydrogen (secondary N) is 1. The van der Waals surface area contributed by atoms with Gasteiger partial charge in [-0.05, 0) is 67.6 Å². The van der Waals surface area contributed by atoms with Crippen molar-refractivity contribution in [3.05, 3.63) is 47.3 Å². The van der Waals surface area contributed by atoms with Crippen molar-refractivity contribution in [3.63, 3.8) is 0 Å². The van der Waals surface area contributed by atoms with Gasteiger partial charge in [-0.3, -0.25) is 5.10 Å². The number of pyridine rings is 1. The Labute approximate surface area is 170 Å². The van der Waals surface area contributed by atoms with Crippen molar-refractivity contribution >= 4 is 11.0 Å². The number of hydrogen-bond acceptors (Lipinski definition) is 4. The largest absolute Gasteiger partial charge is 0.433 e. The van der Waals surface area contributed by atoms with E-state index in [1.54, 1.807) is 18.2 Å². The molecule has 1 fully saturated rings. The molecule has 152 valence electrons. The minimum Gasteiger partial charge on any atom is -0.378 e. The number of aromatic nitrogens is 3. The third-order valence-corrected chi connectivity index (χ3v) is 5.01. The number of rotatable bonds is 2. The number of aromatic amines is 1. The predicted molar refractivity (Wildman–Crippen MR) is 104 cm³/mol. The summed E-state index contributed by atoms with van der Waals surface area (Å²) in [6.45, 7) is 3.08. The molecular formula is C22H17F3N4O. The van der Waals surface area contributed by atoms with Crippen LogP contribution in [-0.4, -0.2) is 25.9 Å². The van der Waals surface area contributed by atoms with Gasteiger partial charge < -0.3 is 5.11 Å². The zero-order valence-corrected chi connectivity index (χ0v) is 16.2. The maximum Gasteiger partial charge on any atom is 0.433 e. The molecule has 0 amide bonds. The lowest BCUT2D eigenvalue weighted by Gasteiger charge is -2.13. The van der Waals surface area contributed by atoms with Gasteiger partial charge >= 0.3 is 6.18 Å². The molecule has 5 nitrogen and oxygen atoms in total. The summed E-state index contributed by atoms with van der Waals surface area (Å²) in [6.07, 6.45) is -1.88. The van der Waals surface area contributed by atoms with E-state index in [-0.39, 0.29) is 11.0 Å². The predicted octanol–water partition coefficient (Wildman–Crippen LogP) is 4.32. The average Bonchev–Trinajstić information content (AvgIpc) is 3.35. The fourth-order valence-electron chi connectivity index (χ4n) is 3.34. The Morgan fingerprint density at radius 3 is 2.53 bits per heavy atom. The summed E-state index contributed by atoms with van der Waals surface area (Å²) in [5.74, 6) is 5.59. The number of benzene rings is 1. The van der Waals surface area contributed by atoms with Crippen LogP contribution >= 0.6 is 0 Å². The molecule has 0 spiro atoms. The molecular weight excluding hydrogens is 393 g/mol. The van der Waals surface area contributed by atoms with Crippen LogP contribution in [0, 0.1) is 23.2 Å². The van der Waals surface area contributed by atoms with Crippen molar-refractivity contribution < 1.29 is 18.3 Å². The van der Waals surface area contributed by atoms with Crippen molar-refractivity contribution in [2.45, 2.75) is 43.9 Å². The molecule has 0 bridgehead atoms. The lowest BCUT2D eigenvalue weighted by atomic mass is 9.90. The summed E-state index contributed by atoms with van der Waals surface area (Å²) in [6, 6.07) is 8.94. The first-order valence-electron chi connectivity index (χ1n) is 9.25. The van der Waals surface area contributed by atoms with Crippen LogP contribution in [-0.2, 0) is 11.6 Å². The lowest BCUT2D eigenvalue weighted by molar-refractivity contribution is -0.139. The van der Waals surface area contributed by atoms with E-state index in [0.717, 1.165) is 0 Å². The first kappa shape index (κ1) is 19.9. The SMILES string of the molecule is CC(C)(O)C#Cc1cc(-c2ccnc3n[nH]c(C(F)(F)F)c23)cc(C2(C#N)CC2)c1. The van der Waals surface area contributed by atoms with Crippen LogP contribution in [0.5, 0.6) is 0 Å². The van der Waals surface area contributed by atoms with Crippen LogP contribution in [0.2, 0.25) is 0 Å². The molecule has 4 rings (SSSR count). The molecule has 0 atom stereocenters. The fraction of sp³-hybridized carbons (Fsp3) is 0.318. The van der Waals surface area contributed by atoms with Gasteiger partial charge in [0.1, 0.15) is 11.3 Å². The molecule has 1 saturated carbocycles. The molecule has 0 unspecified atom stereocenters. The third-order valence-electron chi connectivity index (χ3n) is 5.01. The molecule has 30 heavy (non-hydrogen) atoms. The maximum atomic E-state index is 13.5. The Morgan fingerprint density at radius 2 is 1.93 bits per heavy atom. The highest BCUT2D eigenvalue weighted by atomic mass is 19.4. The first-order valence-corrected chi connectivity index (χ1v) is 9.25. The van der Waals surface area contributed by atoms with E-state index in [9.17, 15) is 23.5 Å². The lowest BCUT2D eigenvalue weighted by Crippen LogP contribution is -2.14. The van der Waals surface area contributed by atoms with Crippen molar-refractivity contribution in [2.75, 3.05) is 0 Å². The van der Waals surface area contributed by atoms with Gasteiger partial charge in [-0.25, -0.2) is 4.98 Å². The van der Waals surface area contributed by atoms with Gasteiger partial charge in [0.15, 0.2) is 5.65 Å². The average molecular weight is 410 g/mol. The topological polar surface area (TPSA) is 85.6 Å². The molecule has 2 aromatic heterocycles. The van der Waals surface area contributed by atoms with E-state index in [0.29, 0.717) is 35.1 Å². The molecule has 1 aliphatic rings. The van der Waals surface area contributed by atoms with Crippen LogP contribution in [0.3, 0.4) is 0 Å².